The van der Waals surface area contributed by atoms with Gasteiger partial charge in [-0.3, -0.25) is 4.98 Å². The Labute approximate surface area is 120 Å². The molecule has 0 bridgehead atoms. The van der Waals surface area contributed by atoms with Crippen molar-refractivity contribution < 1.29 is 17.9 Å². The summed E-state index contributed by atoms with van der Waals surface area (Å²) in [6.07, 6.45) is -2.19. The number of nitrogens with zero attached hydrogens (tertiary/aromatic N) is 1. The molecule has 1 unspecified atom stereocenters. The maximum absolute atomic E-state index is 13.0. The van der Waals surface area contributed by atoms with Gasteiger partial charge in [0.1, 0.15) is 5.75 Å². The molecule has 112 valence electrons. The molecule has 0 fully saturated rings. The first-order valence-corrected chi connectivity index (χ1v) is 6.26. The average Bonchev–Trinajstić information content (AvgIpc) is 2.45. The molecule has 0 amide bonds. The first kappa shape index (κ1) is 15.3. The highest BCUT2D eigenvalue weighted by molar-refractivity contribution is 5.42. The number of halogens is 3. The molecule has 0 aliphatic carbocycles. The number of methoxy groups -OCH3 is 1. The molecule has 1 aromatic carbocycles. The van der Waals surface area contributed by atoms with Gasteiger partial charge in [0.2, 0.25) is 0 Å². The van der Waals surface area contributed by atoms with E-state index in [2.05, 4.69) is 4.98 Å². The zero-order valence-electron chi connectivity index (χ0n) is 11.6. The number of ether oxygens (including phenoxy) is 1. The second-order valence-corrected chi connectivity index (χ2v) is 4.67. The number of hydrogen-bond donors (Lipinski definition) is 1. The van der Waals surface area contributed by atoms with Crippen LogP contribution in [0.15, 0.2) is 36.7 Å². The molecule has 0 saturated heterocycles. The Kier molecular flexibility index (Phi) is 4.18. The molecule has 0 spiro atoms. The van der Waals surface area contributed by atoms with E-state index in [1.54, 1.807) is 18.2 Å². The van der Waals surface area contributed by atoms with Crippen LogP contribution < -0.4 is 10.5 Å². The van der Waals surface area contributed by atoms with Crippen LogP contribution in [0.5, 0.6) is 5.75 Å². The predicted molar refractivity (Wildman–Crippen MR) is 73.0 cm³/mol. The molecule has 2 N–H and O–H groups in total. The number of nitrogens with two attached hydrogens (primary N) is 1. The highest BCUT2D eigenvalue weighted by Gasteiger charge is 2.34. The van der Waals surface area contributed by atoms with E-state index in [0.717, 1.165) is 24.0 Å². The van der Waals surface area contributed by atoms with Crippen molar-refractivity contribution in [2.75, 3.05) is 7.11 Å². The zero-order valence-corrected chi connectivity index (χ0v) is 11.6. The number of aryl methyl sites for hydroxylation is 1. The topological polar surface area (TPSA) is 48.1 Å². The van der Waals surface area contributed by atoms with Crippen molar-refractivity contribution in [1.29, 1.82) is 0 Å². The smallest absolute Gasteiger partial charge is 0.416 e. The summed E-state index contributed by atoms with van der Waals surface area (Å²) in [5.74, 6) is 0.660. The van der Waals surface area contributed by atoms with Crippen molar-refractivity contribution in [2.24, 2.45) is 5.73 Å². The lowest BCUT2D eigenvalue weighted by Crippen LogP contribution is -2.19. The fourth-order valence-corrected chi connectivity index (χ4v) is 2.19. The second-order valence-electron chi connectivity index (χ2n) is 4.67. The maximum atomic E-state index is 13.0. The highest BCUT2D eigenvalue weighted by atomic mass is 19.4. The number of benzene rings is 1. The molecule has 21 heavy (non-hydrogen) atoms. The zero-order chi connectivity index (χ0) is 15.6. The lowest BCUT2D eigenvalue weighted by Gasteiger charge is -2.19. The van der Waals surface area contributed by atoms with Gasteiger partial charge in [-0.2, -0.15) is 13.2 Å². The Morgan fingerprint density at radius 2 is 1.95 bits per heavy atom. The molecule has 2 aromatic rings. The van der Waals surface area contributed by atoms with Crippen LogP contribution in [0.1, 0.15) is 28.3 Å². The van der Waals surface area contributed by atoms with Gasteiger partial charge in [0.25, 0.3) is 0 Å². The third kappa shape index (κ3) is 3.16. The molecule has 3 nitrogen and oxygen atoms in total. The number of alkyl halides is 3. The van der Waals surface area contributed by atoms with Crippen LogP contribution in [0, 0.1) is 6.92 Å². The van der Waals surface area contributed by atoms with Crippen LogP contribution in [0.25, 0.3) is 0 Å². The van der Waals surface area contributed by atoms with E-state index in [1.807, 2.05) is 6.92 Å². The summed E-state index contributed by atoms with van der Waals surface area (Å²) in [6, 6.07) is 5.10. The summed E-state index contributed by atoms with van der Waals surface area (Å²) in [5, 5.41) is 0. The molecule has 1 atom stereocenters. The molecule has 6 heteroatoms. The standard InChI is InChI=1S/C15H15F3N2O/c1-9-7-10(3-4-13(9)21-2)14(19)11-8-20-6-5-12(11)15(16,17)18/h3-8,14H,19H2,1-2H3. The van der Waals surface area contributed by atoms with Crippen LogP contribution >= 0.6 is 0 Å². The van der Waals surface area contributed by atoms with E-state index in [1.165, 1.54) is 7.11 Å². The Bertz CT molecular complexity index is 641. The third-order valence-corrected chi connectivity index (χ3v) is 3.27. The molecule has 0 saturated carbocycles. The highest BCUT2D eigenvalue weighted by Crippen LogP contribution is 2.35. The van der Waals surface area contributed by atoms with E-state index in [0.29, 0.717) is 11.3 Å². The molecule has 0 aliphatic heterocycles. The fraction of sp³-hybridized carbons (Fsp3) is 0.267. The van der Waals surface area contributed by atoms with Gasteiger partial charge >= 0.3 is 6.18 Å². The Hall–Kier alpha value is -2.08. The van der Waals surface area contributed by atoms with Crippen molar-refractivity contribution in [3.63, 3.8) is 0 Å². The van der Waals surface area contributed by atoms with Crippen LogP contribution in [0.3, 0.4) is 0 Å². The monoisotopic (exact) mass is 296 g/mol. The summed E-state index contributed by atoms with van der Waals surface area (Å²) in [7, 11) is 1.53. The van der Waals surface area contributed by atoms with Gasteiger partial charge in [-0.25, -0.2) is 0 Å². The average molecular weight is 296 g/mol. The normalized spacial score (nSPS) is 13.0. The van der Waals surface area contributed by atoms with Crippen molar-refractivity contribution >= 4 is 0 Å². The first-order valence-electron chi connectivity index (χ1n) is 6.26. The third-order valence-electron chi connectivity index (χ3n) is 3.27. The van der Waals surface area contributed by atoms with Gasteiger partial charge in [-0.05, 0) is 30.2 Å². The van der Waals surface area contributed by atoms with E-state index < -0.39 is 17.8 Å². The van der Waals surface area contributed by atoms with E-state index in [-0.39, 0.29) is 5.56 Å². The summed E-state index contributed by atoms with van der Waals surface area (Å²) >= 11 is 0. The molecule has 1 heterocycles. The van der Waals surface area contributed by atoms with Crippen LogP contribution in [0.4, 0.5) is 13.2 Å². The lowest BCUT2D eigenvalue weighted by molar-refractivity contribution is -0.138. The number of hydrogen-bond acceptors (Lipinski definition) is 3. The maximum Gasteiger partial charge on any atom is 0.416 e. The molecule has 1 aromatic heterocycles. The second kappa shape index (κ2) is 5.73. The van der Waals surface area contributed by atoms with Gasteiger partial charge < -0.3 is 10.5 Å². The minimum atomic E-state index is -4.46. The van der Waals surface area contributed by atoms with Crippen LogP contribution in [-0.4, -0.2) is 12.1 Å². The van der Waals surface area contributed by atoms with E-state index >= 15 is 0 Å². The van der Waals surface area contributed by atoms with E-state index in [9.17, 15) is 13.2 Å². The summed E-state index contributed by atoms with van der Waals surface area (Å²) in [5.41, 5.74) is 6.57. The molecular formula is C15H15F3N2O. The van der Waals surface area contributed by atoms with Crippen molar-refractivity contribution in [3.05, 3.63) is 58.9 Å². The Morgan fingerprint density at radius 3 is 2.52 bits per heavy atom. The van der Waals surface area contributed by atoms with Crippen molar-refractivity contribution in [3.8, 4) is 5.75 Å². The fourth-order valence-electron chi connectivity index (χ4n) is 2.19. The quantitative estimate of drug-likeness (QED) is 0.943. The summed E-state index contributed by atoms with van der Waals surface area (Å²) in [6.45, 7) is 1.81. The predicted octanol–water partition coefficient (Wildman–Crippen LogP) is 3.47. The summed E-state index contributed by atoms with van der Waals surface area (Å²) in [4.78, 5) is 3.76. The minimum absolute atomic E-state index is 0.0467. The van der Waals surface area contributed by atoms with Gasteiger partial charge in [-0.15, -0.1) is 0 Å². The van der Waals surface area contributed by atoms with Gasteiger partial charge in [-0.1, -0.05) is 12.1 Å². The van der Waals surface area contributed by atoms with Gasteiger partial charge in [0.05, 0.1) is 18.7 Å². The van der Waals surface area contributed by atoms with Crippen molar-refractivity contribution in [1.82, 2.24) is 4.98 Å². The molecule has 0 radical (unpaired) electrons. The molecule has 0 aliphatic rings. The summed E-state index contributed by atoms with van der Waals surface area (Å²) < 4.78 is 44.2. The van der Waals surface area contributed by atoms with Crippen molar-refractivity contribution in [2.45, 2.75) is 19.1 Å². The Balaban J connectivity index is 2.45. The Morgan fingerprint density at radius 1 is 1.24 bits per heavy atom. The van der Waals surface area contributed by atoms with E-state index in [4.69, 9.17) is 10.5 Å². The van der Waals surface area contributed by atoms with Gasteiger partial charge in [0.15, 0.2) is 0 Å². The molecule has 2 rings (SSSR count). The number of aromatic nitrogens is 1. The first-order chi connectivity index (χ1) is 9.84. The van der Waals surface area contributed by atoms with Crippen LogP contribution in [0.2, 0.25) is 0 Å². The van der Waals surface area contributed by atoms with Crippen LogP contribution in [-0.2, 0) is 6.18 Å². The lowest BCUT2D eigenvalue weighted by atomic mass is 9.95. The van der Waals surface area contributed by atoms with Gasteiger partial charge in [0, 0.05) is 18.0 Å². The number of pyridine rings is 1. The largest absolute Gasteiger partial charge is 0.496 e. The SMILES string of the molecule is COc1ccc(C(N)c2cnccc2C(F)(F)F)cc1C. The number of rotatable bonds is 3. The molecular weight excluding hydrogens is 281 g/mol. The minimum Gasteiger partial charge on any atom is -0.496 e.